The second-order valence-electron chi connectivity index (χ2n) is 4.35. The fourth-order valence-corrected chi connectivity index (χ4v) is 2.87. The van der Waals surface area contributed by atoms with Gasteiger partial charge in [0.25, 0.3) is 5.69 Å². The molecule has 1 aromatic heterocycles. The van der Waals surface area contributed by atoms with Crippen LogP contribution in [0.4, 0.5) is 5.69 Å². The van der Waals surface area contributed by atoms with E-state index in [0.29, 0.717) is 5.02 Å². The average molecular weight is 317 g/mol. The molecule has 0 amide bonds. The minimum absolute atomic E-state index is 0.0635. The Hall–Kier alpha value is -2.24. The van der Waals surface area contributed by atoms with Crippen molar-refractivity contribution in [1.82, 2.24) is 4.98 Å². The van der Waals surface area contributed by atoms with Crippen molar-refractivity contribution in [1.29, 1.82) is 0 Å². The van der Waals surface area contributed by atoms with Gasteiger partial charge in [0, 0.05) is 33.7 Å². The molecular formula is C15H9ClN2O2S. The second kappa shape index (κ2) is 5.63. The van der Waals surface area contributed by atoms with E-state index in [4.69, 9.17) is 11.6 Å². The minimum Gasteiger partial charge on any atom is -0.258 e. The Morgan fingerprint density at radius 3 is 2.57 bits per heavy atom. The van der Waals surface area contributed by atoms with Gasteiger partial charge in [-0.2, -0.15) is 0 Å². The number of nitro groups is 1. The van der Waals surface area contributed by atoms with E-state index in [1.807, 2.05) is 35.7 Å². The van der Waals surface area contributed by atoms with Gasteiger partial charge >= 0.3 is 0 Å². The van der Waals surface area contributed by atoms with Crippen LogP contribution in [0.5, 0.6) is 0 Å². The molecule has 0 saturated heterocycles. The predicted octanol–water partition coefficient (Wildman–Crippen LogP) is 5.04. The number of hydrogen-bond donors (Lipinski definition) is 0. The molecule has 0 aliphatic heterocycles. The Labute approximate surface area is 129 Å². The van der Waals surface area contributed by atoms with Crippen molar-refractivity contribution in [2.45, 2.75) is 0 Å². The molecule has 0 saturated carbocycles. The van der Waals surface area contributed by atoms with Crippen LogP contribution in [0.2, 0.25) is 5.02 Å². The summed E-state index contributed by atoms with van der Waals surface area (Å²) in [5.41, 5.74) is 2.50. The first-order valence-electron chi connectivity index (χ1n) is 6.10. The number of benzene rings is 2. The summed E-state index contributed by atoms with van der Waals surface area (Å²) in [5, 5.41) is 14.2. The van der Waals surface area contributed by atoms with Crippen molar-refractivity contribution in [3.8, 4) is 21.8 Å². The molecule has 0 aliphatic rings. The third-order valence-corrected chi connectivity index (χ3v) is 4.09. The van der Waals surface area contributed by atoms with Crippen LogP contribution in [0.1, 0.15) is 0 Å². The lowest BCUT2D eigenvalue weighted by Gasteiger charge is -1.98. The predicted molar refractivity (Wildman–Crippen MR) is 84.7 cm³/mol. The Morgan fingerprint density at radius 2 is 1.86 bits per heavy atom. The zero-order valence-electron chi connectivity index (χ0n) is 10.7. The number of hydrogen-bond acceptors (Lipinski definition) is 4. The molecule has 4 nitrogen and oxygen atoms in total. The van der Waals surface area contributed by atoms with Crippen LogP contribution in [0.25, 0.3) is 21.8 Å². The molecule has 0 bridgehead atoms. The molecule has 0 unspecified atom stereocenters. The highest BCUT2D eigenvalue weighted by Crippen LogP contribution is 2.30. The molecule has 0 aliphatic carbocycles. The number of non-ortho nitro benzene ring substituents is 1. The quantitative estimate of drug-likeness (QED) is 0.502. The topological polar surface area (TPSA) is 56.0 Å². The molecule has 0 N–H and O–H groups in total. The highest BCUT2D eigenvalue weighted by molar-refractivity contribution is 7.13. The van der Waals surface area contributed by atoms with Crippen molar-refractivity contribution in [3.63, 3.8) is 0 Å². The van der Waals surface area contributed by atoms with E-state index < -0.39 is 4.92 Å². The summed E-state index contributed by atoms with van der Waals surface area (Å²) in [4.78, 5) is 14.9. The van der Waals surface area contributed by atoms with Crippen molar-refractivity contribution < 1.29 is 4.92 Å². The number of rotatable bonds is 3. The van der Waals surface area contributed by atoms with Gasteiger partial charge in [-0.05, 0) is 12.1 Å². The van der Waals surface area contributed by atoms with Crippen molar-refractivity contribution in [2.75, 3.05) is 0 Å². The first kappa shape index (κ1) is 13.7. The van der Waals surface area contributed by atoms with E-state index in [0.717, 1.165) is 21.8 Å². The van der Waals surface area contributed by atoms with Gasteiger partial charge in [0.05, 0.1) is 10.6 Å². The summed E-state index contributed by atoms with van der Waals surface area (Å²) in [6, 6.07) is 13.9. The summed E-state index contributed by atoms with van der Waals surface area (Å²) >= 11 is 7.36. The lowest BCUT2D eigenvalue weighted by atomic mass is 10.1. The standard InChI is InChI=1S/C15H9ClN2O2S/c16-12-6-4-10(5-7-12)15-17-14(9-21-15)11-2-1-3-13(8-11)18(19)20/h1-9H. The third kappa shape index (κ3) is 2.94. The van der Waals surface area contributed by atoms with E-state index in [1.54, 1.807) is 6.07 Å². The zero-order chi connectivity index (χ0) is 14.8. The molecule has 6 heteroatoms. The van der Waals surface area contributed by atoms with Gasteiger partial charge in [-0.15, -0.1) is 11.3 Å². The van der Waals surface area contributed by atoms with Crippen LogP contribution in [-0.4, -0.2) is 9.91 Å². The van der Waals surface area contributed by atoms with Gasteiger partial charge in [-0.25, -0.2) is 4.98 Å². The van der Waals surface area contributed by atoms with Crippen LogP contribution in [0.3, 0.4) is 0 Å². The number of halogens is 1. The summed E-state index contributed by atoms with van der Waals surface area (Å²) in [6.45, 7) is 0. The van der Waals surface area contributed by atoms with Gasteiger partial charge < -0.3 is 0 Å². The van der Waals surface area contributed by atoms with Crippen molar-refractivity contribution in [3.05, 3.63) is 69.0 Å². The van der Waals surface area contributed by atoms with Gasteiger partial charge in [-0.3, -0.25) is 10.1 Å². The normalized spacial score (nSPS) is 10.5. The van der Waals surface area contributed by atoms with E-state index in [-0.39, 0.29) is 5.69 Å². The van der Waals surface area contributed by atoms with Gasteiger partial charge in [0.15, 0.2) is 0 Å². The first-order chi connectivity index (χ1) is 10.1. The number of aromatic nitrogens is 1. The Balaban J connectivity index is 1.96. The summed E-state index contributed by atoms with van der Waals surface area (Å²) in [6.07, 6.45) is 0. The molecule has 1 heterocycles. The Morgan fingerprint density at radius 1 is 1.10 bits per heavy atom. The van der Waals surface area contributed by atoms with E-state index in [2.05, 4.69) is 4.98 Å². The average Bonchev–Trinajstić information content (AvgIpc) is 2.98. The smallest absolute Gasteiger partial charge is 0.258 e. The first-order valence-corrected chi connectivity index (χ1v) is 7.35. The van der Waals surface area contributed by atoms with Crippen LogP contribution in [-0.2, 0) is 0 Å². The molecule has 21 heavy (non-hydrogen) atoms. The Kier molecular flexibility index (Phi) is 3.68. The second-order valence-corrected chi connectivity index (χ2v) is 5.65. The molecule has 0 spiro atoms. The minimum atomic E-state index is -0.407. The van der Waals surface area contributed by atoms with Crippen molar-refractivity contribution in [2.24, 2.45) is 0 Å². The molecule has 3 rings (SSSR count). The van der Waals surface area contributed by atoms with E-state index >= 15 is 0 Å². The highest BCUT2D eigenvalue weighted by Gasteiger charge is 2.10. The maximum atomic E-state index is 10.8. The maximum Gasteiger partial charge on any atom is 0.270 e. The van der Waals surface area contributed by atoms with Gasteiger partial charge in [0.1, 0.15) is 5.01 Å². The maximum absolute atomic E-state index is 10.8. The monoisotopic (exact) mass is 316 g/mol. The molecule has 104 valence electrons. The summed E-state index contributed by atoms with van der Waals surface area (Å²) in [5.74, 6) is 0. The van der Waals surface area contributed by atoms with Crippen LogP contribution < -0.4 is 0 Å². The van der Waals surface area contributed by atoms with E-state index in [1.165, 1.54) is 23.5 Å². The lowest BCUT2D eigenvalue weighted by molar-refractivity contribution is -0.384. The Bertz CT molecular complexity index is 799. The largest absolute Gasteiger partial charge is 0.270 e. The fourth-order valence-electron chi connectivity index (χ4n) is 1.91. The highest BCUT2D eigenvalue weighted by atomic mass is 35.5. The van der Waals surface area contributed by atoms with Crippen LogP contribution >= 0.6 is 22.9 Å². The SMILES string of the molecule is O=[N+]([O-])c1cccc(-c2csc(-c3ccc(Cl)cc3)n2)c1. The molecule has 0 radical (unpaired) electrons. The summed E-state index contributed by atoms with van der Waals surface area (Å²) in [7, 11) is 0. The van der Waals surface area contributed by atoms with Crippen LogP contribution in [0.15, 0.2) is 53.9 Å². The lowest BCUT2D eigenvalue weighted by Crippen LogP contribution is -1.88. The van der Waals surface area contributed by atoms with Gasteiger partial charge in [0.2, 0.25) is 0 Å². The fraction of sp³-hybridized carbons (Fsp3) is 0. The third-order valence-electron chi connectivity index (χ3n) is 2.95. The number of nitrogens with zero attached hydrogens (tertiary/aromatic N) is 2. The molecule has 2 aromatic carbocycles. The van der Waals surface area contributed by atoms with E-state index in [9.17, 15) is 10.1 Å². The zero-order valence-corrected chi connectivity index (χ0v) is 12.3. The van der Waals surface area contributed by atoms with Crippen molar-refractivity contribution >= 4 is 28.6 Å². The molecule has 0 atom stereocenters. The molecule has 3 aromatic rings. The molecular weight excluding hydrogens is 308 g/mol. The van der Waals surface area contributed by atoms with Crippen LogP contribution in [0, 0.1) is 10.1 Å². The summed E-state index contributed by atoms with van der Waals surface area (Å²) < 4.78 is 0. The number of nitro benzene ring substituents is 1. The van der Waals surface area contributed by atoms with Gasteiger partial charge in [-0.1, -0.05) is 35.9 Å². The number of thiazole rings is 1. The molecule has 0 fully saturated rings.